The van der Waals surface area contributed by atoms with Crippen molar-refractivity contribution in [2.24, 2.45) is 30.0 Å². The van der Waals surface area contributed by atoms with E-state index in [1.54, 1.807) is 54.1 Å². The first-order valence-electron chi connectivity index (χ1n) is 14.4. The number of fused-ring (bicyclic) bond motifs is 14. The number of halogens is 8. The first kappa shape index (κ1) is 31.9. The van der Waals surface area contributed by atoms with Gasteiger partial charge >= 0.3 is 330 Å². The second-order valence-corrected chi connectivity index (χ2v) is 18.9. The van der Waals surface area contributed by atoms with Crippen LogP contribution in [0.2, 0.25) is 40.2 Å². The quantitative estimate of drug-likeness (QED) is 0.139. The molecule has 0 aliphatic carbocycles. The summed E-state index contributed by atoms with van der Waals surface area (Å²) in [6, 6.07) is 13.3. The molecule has 0 radical (unpaired) electrons. The van der Waals surface area contributed by atoms with Crippen molar-refractivity contribution in [3.8, 4) is 0 Å². The molecule has 0 saturated carbocycles. The number of aromatic nitrogens is 2. The van der Waals surface area contributed by atoms with Crippen molar-refractivity contribution in [1.82, 2.24) is 5.58 Å². The van der Waals surface area contributed by atoms with Crippen LogP contribution >= 0.6 is 92.8 Å². The molecular weight excluding hydrogens is 915 g/mol. The van der Waals surface area contributed by atoms with Gasteiger partial charge in [-0.3, -0.25) is 0 Å². The predicted molar refractivity (Wildman–Crippen MR) is 202 cm³/mol. The van der Waals surface area contributed by atoms with E-state index >= 15 is 3.08 Å². The van der Waals surface area contributed by atoms with Gasteiger partial charge < -0.3 is 0 Å². The zero-order valence-electron chi connectivity index (χ0n) is 24.1. The molecular formula is C32H8Cl8N8OSn. The van der Waals surface area contributed by atoms with E-state index in [1.165, 1.54) is 0 Å². The Balaban J connectivity index is 1.50. The zero-order valence-corrected chi connectivity index (χ0v) is 33.0. The molecule has 0 N–H and O–H groups in total. The molecule has 0 spiro atoms. The normalized spacial score (nSPS) is 15.2. The summed E-state index contributed by atoms with van der Waals surface area (Å²) in [6.45, 7) is 0. The van der Waals surface area contributed by atoms with Crippen molar-refractivity contribution in [3.05, 3.63) is 122 Å². The van der Waals surface area contributed by atoms with Crippen molar-refractivity contribution < 1.29 is 3.08 Å². The minimum atomic E-state index is -4.64. The van der Waals surface area contributed by atoms with Crippen LogP contribution in [0, 0.1) is 0 Å². The molecule has 50 heavy (non-hydrogen) atoms. The summed E-state index contributed by atoms with van der Waals surface area (Å²) in [7, 11) is 0. The fourth-order valence-electron chi connectivity index (χ4n) is 6.44. The Hall–Kier alpha value is -2.84. The van der Waals surface area contributed by atoms with Gasteiger partial charge in [-0.2, -0.15) is 0 Å². The summed E-state index contributed by atoms with van der Waals surface area (Å²) in [5.74, 6) is 1.57. The average Bonchev–Trinajstić information content (AvgIpc) is 3.74. The first-order valence-corrected chi connectivity index (χ1v) is 21.1. The monoisotopic (exact) mass is 920 g/mol. The summed E-state index contributed by atoms with van der Waals surface area (Å²) in [5.41, 5.74) is 2.79. The minimum absolute atomic E-state index is 0.255. The third-order valence-corrected chi connectivity index (χ3v) is 16.2. The number of aliphatic imine (C=N–C) groups is 4. The van der Waals surface area contributed by atoms with E-state index in [0.717, 1.165) is 0 Å². The van der Waals surface area contributed by atoms with Crippen LogP contribution in [0.25, 0.3) is 21.5 Å². The molecule has 0 fully saturated rings. The van der Waals surface area contributed by atoms with Gasteiger partial charge in [0.05, 0.1) is 0 Å². The standard InChI is InChI=1S/C32H8Cl8N8.O.Sn/c33-17-1-9-10(2-18(17)34)26-41-25(9)45-27-11-3-19(35)20(36)4-12(11)29(42-27)47-31-15-7-23(39)24(40)8-16(15)32(44-31)48-30-14-6-22(38)21(37)5-13(14)28(43-30)46-26;;/h1-8H;;/q-2;;+2. The van der Waals surface area contributed by atoms with E-state index in [1.807, 2.05) is 0 Å². The van der Waals surface area contributed by atoms with Crippen molar-refractivity contribution in [3.63, 3.8) is 0 Å². The average molecular weight is 923 g/mol. The molecule has 0 unspecified atom stereocenters. The summed E-state index contributed by atoms with van der Waals surface area (Å²) >= 11 is 47.9. The van der Waals surface area contributed by atoms with E-state index in [9.17, 15) is 0 Å². The maximum atomic E-state index is 15.6. The van der Waals surface area contributed by atoms with E-state index in [0.29, 0.717) is 63.9 Å². The Kier molecular flexibility index (Phi) is 7.06. The molecule has 4 aliphatic rings. The number of amidine groups is 4. The number of rotatable bonds is 0. The zero-order chi connectivity index (χ0) is 34.5. The van der Waals surface area contributed by atoms with Crippen molar-refractivity contribution in [1.29, 1.82) is 0 Å². The van der Waals surface area contributed by atoms with Crippen LogP contribution in [0.1, 0.15) is 22.3 Å². The van der Waals surface area contributed by atoms with E-state index in [2.05, 4.69) is 0 Å². The van der Waals surface area contributed by atoms with E-state index < -0.39 is 20.3 Å². The van der Waals surface area contributed by atoms with Crippen molar-refractivity contribution in [2.45, 2.75) is 0 Å². The van der Waals surface area contributed by atoms with Crippen LogP contribution in [0.15, 0.2) is 78.5 Å². The van der Waals surface area contributed by atoms with E-state index in [-0.39, 0.29) is 66.0 Å². The van der Waals surface area contributed by atoms with Gasteiger partial charge in [0, 0.05) is 0 Å². The molecule has 0 saturated heterocycles. The van der Waals surface area contributed by atoms with Gasteiger partial charge in [-0.05, 0) is 0 Å². The third kappa shape index (κ3) is 4.42. The number of hydrogen-bond donors (Lipinski definition) is 0. The van der Waals surface area contributed by atoms with Crippen LogP contribution < -0.4 is 11.0 Å². The second-order valence-electron chi connectivity index (χ2n) is 11.5. The molecule has 6 bridgehead atoms. The van der Waals surface area contributed by atoms with Gasteiger partial charge in [-0.15, -0.1) is 0 Å². The molecule has 4 aliphatic heterocycles. The molecule has 6 aromatic rings. The van der Waals surface area contributed by atoms with Gasteiger partial charge in [0.2, 0.25) is 0 Å². The van der Waals surface area contributed by atoms with Gasteiger partial charge in [0.25, 0.3) is 0 Å². The summed E-state index contributed by atoms with van der Waals surface area (Å²) in [5, 5.41) is 4.25. The Morgan fingerprint density at radius 3 is 1.04 bits per heavy atom. The molecule has 242 valence electrons. The summed E-state index contributed by atoms with van der Waals surface area (Å²) < 4.78 is 18.8. The molecule has 4 aromatic carbocycles. The van der Waals surface area contributed by atoms with Crippen LogP contribution in [-0.4, -0.2) is 49.2 Å². The predicted octanol–water partition coefficient (Wildman–Crippen LogP) is 9.58. The second kappa shape index (κ2) is 11.1. The molecule has 0 atom stereocenters. The molecule has 0 amide bonds. The molecule has 10 rings (SSSR count). The number of hydrogen-bond acceptors (Lipinski definition) is 7. The van der Waals surface area contributed by atoms with Crippen molar-refractivity contribution >= 4 is 170 Å². The van der Waals surface area contributed by atoms with Crippen LogP contribution in [-0.2, 0) is 3.08 Å². The Bertz CT molecular complexity index is 2810. The van der Waals surface area contributed by atoms with E-state index in [4.69, 9.17) is 123 Å². The molecule has 9 nitrogen and oxygen atoms in total. The molecule has 18 heteroatoms. The molecule has 6 heterocycles. The third-order valence-electron chi connectivity index (χ3n) is 8.67. The van der Waals surface area contributed by atoms with Crippen molar-refractivity contribution in [2.75, 3.05) is 0 Å². The Labute approximate surface area is 327 Å². The number of nitrogens with zero attached hydrogens (tertiary/aromatic N) is 8. The van der Waals surface area contributed by atoms with Gasteiger partial charge in [-0.1, -0.05) is 0 Å². The fourth-order valence-corrected chi connectivity index (χ4v) is 12.3. The summed E-state index contributed by atoms with van der Waals surface area (Å²) in [4.78, 5) is 29.8. The Morgan fingerprint density at radius 1 is 0.380 bits per heavy atom. The topological polar surface area (TPSA) is 101 Å². The van der Waals surface area contributed by atoms with Gasteiger partial charge in [0.1, 0.15) is 0 Å². The van der Waals surface area contributed by atoms with Crippen LogP contribution in [0.5, 0.6) is 0 Å². The van der Waals surface area contributed by atoms with Gasteiger partial charge in [-0.25, -0.2) is 0 Å². The summed E-state index contributed by atoms with van der Waals surface area (Å²) in [6.07, 6.45) is 0. The molecule has 2 aromatic heterocycles. The van der Waals surface area contributed by atoms with Crippen LogP contribution in [0.4, 0.5) is 11.6 Å². The fraction of sp³-hybridized carbons (Fsp3) is 0. The first-order chi connectivity index (χ1) is 24.0. The van der Waals surface area contributed by atoms with Gasteiger partial charge in [0.15, 0.2) is 0 Å². The Morgan fingerprint density at radius 2 is 0.680 bits per heavy atom. The maximum absolute atomic E-state index is 15.6. The van der Waals surface area contributed by atoms with Crippen LogP contribution in [0.3, 0.4) is 0 Å². The number of benzene rings is 4. The SMILES string of the molecule is [O]=[Sn]1[n]2c3c4cc(Cl)c(Cl)cc4c2N=C2N=C(N=c4c5cc(Cl)c(Cl)cc5c([n]41)=NC1=NC(=N3)c3cc(Cl)c(Cl)cc31)c1cc(Cl)c(Cl)cc12.